The number of carbonyl (C=O) groups excluding carboxylic acids is 1. The lowest BCUT2D eigenvalue weighted by molar-refractivity contribution is 0.0687. The molecule has 8 heteroatoms. The number of nitrogen functional groups attached to an aromatic ring is 1. The Morgan fingerprint density at radius 1 is 1.21 bits per heavy atom. The quantitative estimate of drug-likeness (QED) is 0.665. The third kappa shape index (κ3) is 3.45. The zero-order valence-electron chi connectivity index (χ0n) is 15.6. The highest BCUT2D eigenvalue weighted by Crippen LogP contribution is 2.32. The Hall–Kier alpha value is -2.58. The van der Waals surface area contributed by atoms with E-state index in [0.717, 1.165) is 27.7 Å². The van der Waals surface area contributed by atoms with Crippen LogP contribution < -0.4 is 5.73 Å². The van der Waals surface area contributed by atoms with E-state index in [1.807, 2.05) is 38.1 Å². The third-order valence-corrected chi connectivity index (χ3v) is 5.30. The minimum absolute atomic E-state index is 0.00670. The molecule has 7 nitrogen and oxygen atoms in total. The molecule has 0 unspecified atom stereocenters. The first-order chi connectivity index (χ1) is 13.4. The molecule has 1 aromatic carbocycles. The summed E-state index contributed by atoms with van der Waals surface area (Å²) in [5.41, 5.74) is 10.1. The number of pyridine rings is 1. The van der Waals surface area contributed by atoms with Gasteiger partial charge in [-0.1, -0.05) is 0 Å². The van der Waals surface area contributed by atoms with Gasteiger partial charge in [0.1, 0.15) is 10.4 Å². The highest BCUT2D eigenvalue weighted by molar-refractivity contribution is 9.10. The fourth-order valence-corrected chi connectivity index (χ4v) is 3.57. The molecular formula is C20H20BrN5O2. The summed E-state index contributed by atoms with van der Waals surface area (Å²) in [6, 6.07) is 9.21. The van der Waals surface area contributed by atoms with Gasteiger partial charge in [-0.2, -0.15) is 5.10 Å². The minimum Gasteiger partial charge on any atom is -0.383 e. The average Bonchev–Trinajstić information content (AvgIpc) is 3.17. The Bertz CT molecular complexity index is 1050. The van der Waals surface area contributed by atoms with E-state index in [9.17, 15) is 4.79 Å². The Kier molecular flexibility index (Phi) is 4.99. The molecule has 0 saturated carbocycles. The van der Waals surface area contributed by atoms with Crippen molar-refractivity contribution in [2.75, 3.05) is 5.73 Å². The number of rotatable bonds is 4. The monoisotopic (exact) mass is 441 g/mol. The highest BCUT2D eigenvalue weighted by atomic mass is 79.9. The second-order valence-electron chi connectivity index (χ2n) is 7.05. The lowest BCUT2D eigenvalue weighted by Crippen LogP contribution is -2.36. The van der Waals surface area contributed by atoms with Crippen molar-refractivity contribution in [3.05, 3.63) is 57.3 Å². The van der Waals surface area contributed by atoms with E-state index in [0.29, 0.717) is 35.7 Å². The minimum atomic E-state index is -0.0638. The van der Waals surface area contributed by atoms with Crippen LogP contribution in [-0.2, 0) is 24.5 Å². The smallest absolute Gasteiger partial charge is 0.254 e. The molecule has 0 fully saturated rings. The molecule has 1 aliphatic heterocycles. The van der Waals surface area contributed by atoms with Gasteiger partial charge in [0.15, 0.2) is 0 Å². The van der Waals surface area contributed by atoms with E-state index >= 15 is 0 Å². The first-order valence-corrected chi connectivity index (χ1v) is 9.81. The molecule has 2 N–H and O–H groups in total. The van der Waals surface area contributed by atoms with Crippen LogP contribution in [0.15, 0.2) is 34.9 Å². The van der Waals surface area contributed by atoms with Gasteiger partial charge >= 0.3 is 0 Å². The fraction of sp³-hybridized carbons (Fsp3) is 0.300. The van der Waals surface area contributed by atoms with Gasteiger partial charge in [-0.3, -0.25) is 4.79 Å². The maximum absolute atomic E-state index is 13.3. The summed E-state index contributed by atoms with van der Waals surface area (Å²) in [6.45, 7) is 5.30. The molecule has 3 aromatic rings. The largest absolute Gasteiger partial charge is 0.383 e. The second kappa shape index (κ2) is 7.44. The highest BCUT2D eigenvalue weighted by Gasteiger charge is 2.23. The normalized spacial score (nSPS) is 13.1. The third-order valence-electron chi connectivity index (χ3n) is 4.88. The van der Waals surface area contributed by atoms with Gasteiger partial charge in [-0.25, -0.2) is 4.98 Å². The SMILES string of the molecule is CC(C)N(Cc1ccc(Br)nn1)C(=O)c1ccc2nc(N)c3c(c2c1)COC3. The summed E-state index contributed by atoms with van der Waals surface area (Å²) in [4.78, 5) is 19.5. The van der Waals surface area contributed by atoms with Gasteiger partial charge < -0.3 is 15.4 Å². The van der Waals surface area contributed by atoms with Crippen LogP contribution >= 0.6 is 15.9 Å². The summed E-state index contributed by atoms with van der Waals surface area (Å²) in [7, 11) is 0. The zero-order valence-corrected chi connectivity index (χ0v) is 17.2. The molecule has 144 valence electrons. The van der Waals surface area contributed by atoms with Crippen molar-refractivity contribution in [2.45, 2.75) is 39.6 Å². The van der Waals surface area contributed by atoms with Crippen LogP contribution in [0.1, 0.15) is 41.0 Å². The Morgan fingerprint density at radius 3 is 2.71 bits per heavy atom. The lowest BCUT2D eigenvalue weighted by atomic mass is 10.0. The van der Waals surface area contributed by atoms with Gasteiger partial charge in [-0.05, 0) is 65.7 Å². The molecule has 0 atom stereocenters. The number of ether oxygens (including phenoxy) is 1. The molecule has 0 saturated heterocycles. The number of nitrogens with two attached hydrogens (primary N) is 1. The molecule has 0 aliphatic carbocycles. The van der Waals surface area contributed by atoms with E-state index in [1.54, 1.807) is 11.0 Å². The first-order valence-electron chi connectivity index (χ1n) is 9.02. The molecule has 3 heterocycles. The van der Waals surface area contributed by atoms with Gasteiger partial charge in [0.05, 0.1) is 31.0 Å². The van der Waals surface area contributed by atoms with Crippen LogP contribution in [0.25, 0.3) is 10.9 Å². The topological polar surface area (TPSA) is 94.2 Å². The molecular weight excluding hydrogens is 422 g/mol. The molecule has 1 aliphatic rings. The van der Waals surface area contributed by atoms with Crippen molar-refractivity contribution in [3.63, 3.8) is 0 Å². The second-order valence-corrected chi connectivity index (χ2v) is 7.87. The van der Waals surface area contributed by atoms with Gasteiger partial charge in [0.25, 0.3) is 5.91 Å². The Balaban J connectivity index is 1.70. The summed E-state index contributed by atoms with van der Waals surface area (Å²) < 4.78 is 6.21. The number of amides is 1. The summed E-state index contributed by atoms with van der Waals surface area (Å²) >= 11 is 3.28. The van der Waals surface area contributed by atoms with Crippen molar-refractivity contribution < 1.29 is 9.53 Å². The summed E-state index contributed by atoms with van der Waals surface area (Å²) in [6.07, 6.45) is 0. The fourth-order valence-electron chi connectivity index (χ4n) is 3.36. The number of hydrogen-bond acceptors (Lipinski definition) is 6. The molecule has 0 bridgehead atoms. The predicted octanol–water partition coefficient (Wildman–Crippen LogP) is 3.45. The number of anilines is 1. The van der Waals surface area contributed by atoms with Crippen molar-refractivity contribution in [1.29, 1.82) is 0 Å². The molecule has 0 spiro atoms. The van der Waals surface area contributed by atoms with E-state index in [4.69, 9.17) is 10.5 Å². The number of fused-ring (bicyclic) bond motifs is 3. The van der Waals surface area contributed by atoms with E-state index in [2.05, 4.69) is 31.1 Å². The van der Waals surface area contributed by atoms with Gasteiger partial charge in [-0.15, -0.1) is 5.10 Å². The van der Waals surface area contributed by atoms with E-state index in [-0.39, 0.29) is 11.9 Å². The lowest BCUT2D eigenvalue weighted by Gasteiger charge is -2.26. The zero-order chi connectivity index (χ0) is 19.8. The Labute approximate surface area is 171 Å². The van der Waals surface area contributed by atoms with Crippen molar-refractivity contribution in [2.24, 2.45) is 0 Å². The van der Waals surface area contributed by atoms with Gasteiger partial charge in [0, 0.05) is 22.6 Å². The summed E-state index contributed by atoms with van der Waals surface area (Å²) in [5.74, 6) is 0.433. The molecule has 0 radical (unpaired) electrons. The van der Waals surface area contributed by atoms with E-state index < -0.39 is 0 Å². The number of benzene rings is 1. The molecule has 28 heavy (non-hydrogen) atoms. The van der Waals surface area contributed by atoms with Crippen molar-refractivity contribution in [1.82, 2.24) is 20.1 Å². The number of halogens is 1. The van der Waals surface area contributed by atoms with E-state index in [1.165, 1.54) is 0 Å². The van der Waals surface area contributed by atoms with Crippen molar-refractivity contribution in [3.8, 4) is 0 Å². The van der Waals surface area contributed by atoms with Crippen LogP contribution in [0.3, 0.4) is 0 Å². The summed E-state index contributed by atoms with van der Waals surface area (Å²) in [5, 5.41) is 9.08. The van der Waals surface area contributed by atoms with Crippen LogP contribution in [0.2, 0.25) is 0 Å². The van der Waals surface area contributed by atoms with Crippen LogP contribution in [0.5, 0.6) is 0 Å². The molecule has 4 rings (SSSR count). The van der Waals surface area contributed by atoms with Crippen LogP contribution in [-0.4, -0.2) is 32.0 Å². The number of carbonyl (C=O) groups is 1. The van der Waals surface area contributed by atoms with Crippen molar-refractivity contribution >= 4 is 38.6 Å². The molecule has 1 amide bonds. The maximum atomic E-state index is 13.3. The Morgan fingerprint density at radius 2 is 2.00 bits per heavy atom. The average molecular weight is 442 g/mol. The van der Waals surface area contributed by atoms with Crippen LogP contribution in [0.4, 0.5) is 5.82 Å². The molecule has 2 aromatic heterocycles. The predicted molar refractivity (Wildman–Crippen MR) is 109 cm³/mol. The number of aromatic nitrogens is 3. The number of nitrogens with zero attached hydrogens (tertiary/aromatic N) is 4. The standard InChI is InChI=1S/C20H20BrN5O2/c1-11(2)26(8-13-4-6-18(21)25-24-13)20(27)12-3-5-17-14(7-12)15-9-28-10-16(15)19(22)23-17/h3-7,11H,8-10H2,1-2H3,(H2,22,23). The van der Waals surface area contributed by atoms with Gasteiger partial charge in [0.2, 0.25) is 0 Å². The van der Waals surface area contributed by atoms with Crippen LogP contribution in [0, 0.1) is 0 Å². The number of hydrogen-bond donors (Lipinski definition) is 1. The maximum Gasteiger partial charge on any atom is 0.254 e. The first kappa shape index (κ1) is 18.8.